The van der Waals surface area contributed by atoms with Gasteiger partial charge < -0.3 is 11.1 Å². The number of aromatic nitrogens is 1. The molecule has 3 heterocycles. The minimum Gasteiger partial charge on any atom is -0.384 e. The minimum absolute atomic E-state index is 0.0174. The molecule has 1 aromatic rings. The van der Waals surface area contributed by atoms with E-state index in [1.807, 2.05) is 13.0 Å². The highest BCUT2D eigenvalue weighted by atomic mass is 16.1. The Balaban J connectivity index is 1.70. The van der Waals surface area contributed by atoms with Crippen LogP contribution >= 0.6 is 0 Å². The Morgan fingerprint density at radius 3 is 3.05 bits per heavy atom. The third-order valence-corrected chi connectivity index (χ3v) is 4.70. The van der Waals surface area contributed by atoms with Gasteiger partial charge >= 0.3 is 0 Å². The molecule has 2 aliphatic heterocycles. The lowest BCUT2D eigenvalue weighted by atomic mass is 9.99. The topological polar surface area (TPSA) is 71.2 Å². The number of aryl methyl sites for hydroxylation is 1. The zero-order valence-corrected chi connectivity index (χ0v) is 12.6. The quantitative estimate of drug-likeness (QED) is 0.886. The molecule has 2 atom stereocenters. The number of anilines is 1. The van der Waals surface area contributed by atoms with E-state index in [-0.39, 0.29) is 11.9 Å². The molecule has 0 spiro atoms. The van der Waals surface area contributed by atoms with Crippen molar-refractivity contribution in [3.63, 3.8) is 0 Å². The first-order chi connectivity index (χ1) is 10.2. The maximum atomic E-state index is 12.5. The minimum atomic E-state index is -0.0174. The summed E-state index contributed by atoms with van der Waals surface area (Å²) in [4.78, 5) is 19.2. The number of carbonyl (C=O) groups excluding carboxylic acids is 1. The second kappa shape index (κ2) is 6.02. The second-order valence-electron chi connectivity index (χ2n) is 6.09. The normalized spacial score (nSPS) is 25.6. The van der Waals surface area contributed by atoms with Crippen LogP contribution in [0.5, 0.6) is 0 Å². The van der Waals surface area contributed by atoms with Gasteiger partial charge in [0.2, 0.25) is 0 Å². The van der Waals surface area contributed by atoms with Gasteiger partial charge in [0, 0.05) is 29.9 Å². The van der Waals surface area contributed by atoms with Crippen molar-refractivity contribution in [1.82, 2.24) is 15.2 Å². The number of hydrogen-bond acceptors (Lipinski definition) is 4. The number of fused-ring (bicyclic) bond motifs is 1. The highest BCUT2D eigenvalue weighted by Crippen LogP contribution is 2.27. The number of piperidine rings is 1. The average molecular weight is 288 g/mol. The lowest BCUT2D eigenvalue weighted by Crippen LogP contribution is -2.46. The van der Waals surface area contributed by atoms with E-state index < -0.39 is 0 Å². The van der Waals surface area contributed by atoms with Gasteiger partial charge in [-0.1, -0.05) is 13.3 Å². The highest BCUT2D eigenvalue weighted by Gasteiger charge is 2.36. The molecule has 1 amide bonds. The number of nitrogens with one attached hydrogen (secondary N) is 1. The maximum absolute atomic E-state index is 12.5. The van der Waals surface area contributed by atoms with Crippen molar-refractivity contribution in [1.29, 1.82) is 0 Å². The first kappa shape index (κ1) is 14.3. The van der Waals surface area contributed by atoms with Gasteiger partial charge in [0.15, 0.2) is 0 Å². The monoisotopic (exact) mass is 288 g/mol. The fourth-order valence-corrected chi connectivity index (χ4v) is 3.59. The summed E-state index contributed by atoms with van der Waals surface area (Å²) in [5, 5.41) is 3.21. The summed E-state index contributed by atoms with van der Waals surface area (Å²) >= 11 is 0. The predicted molar refractivity (Wildman–Crippen MR) is 83.1 cm³/mol. The first-order valence-corrected chi connectivity index (χ1v) is 7.98. The number of pyridine rings is 1. The van der Waals surface area contributed by atoms with Gasteiger partial charge in [0.05, 0.1) is 0 Å². The SMILES string of the molecule is CCc1cc(C(=O)NC2CCN3CCCCC23)cc(N)n1. The molecule has 21 heavy (non-hydrogen) atoms. The van der Waals surface area contributed by atoms with E-state index in [0.29, 0.717) is 17.4 Å². The van der Waals surface area contributed by atoms with Gasteiger partial charge in [0.1, 0.15) is 5.82 Å². The zero-order valence-electron chi connectivity index (χ0n) is 12.6. The number of nitrogen functional groups attached to an aromatic ring is 1. The van der Waals surface area contributed by atoms with Crippen LogP contribution in [0.15, 0.2) is 12.1 Å². The number of carbonyl (C=O) groups is 1. The molecule has 114 valence electrons. The Morgan fingerprint density at radius 2 is 2.24 bits per heavy atom. The molecule has 2 aliphatic rings. The van der Waals surface area contributed by atoms with Crippen molar-refractivity contribution in [3.8, 4) is 0 Å². The summed E-state index contributed by atoms with van der Waals surface area (Å²) in [6.07, 6.45) is 5.60. The molecule has 0 aromatic carbocycles. The van der Waals surface area contributed by atoms with Gasteiger partial charge in [-0.25, -0.2) is 4.98 Å². The Hall–Kier alpha value is -1.62. The van der Waals surface area contributed by atoms with Crippen molar-refractivity contribution in [2.24, 2.45) is 0 Å². The second-order valence-corrected chi connectivity index (χ2v) is 6.09. The maximum Gasteiger partial charge on any atom is 0.251 e. The number of amides is 1. The van der Waals surface area contributed by atoms with Crippen LogP contribution in [0.4, 0.5) is 5.82 Å². The van der Waals surface area contributed by atoms with Gasteiger partial charge in [-0.15, -0.1) is 0 Å². The van der Waals surface area contributed by atoms with Gasteiger partial charge in [0.25, 0.3) is 5.91 Å². The first-order valence-electron chi connectivity index (χ1n) is 7.98. The van der Waals surface area contributed by atoms with Crippen molar-refractivity contribution in [2.45, 2.75) is 51.1 Å². The molecule has 3 N–H and O–H groups in total. The molecule has 2 unspecified atom stereocenters. The van der Waals surface area contributed by atoms with Gasteiger partial charge in [-0.3, -0.25) is 9.69 Å². The lowest BCUT2D eigenvalue weighted by Gasteiger charge is -2.32. The van der Waals surface area contributed by atoms with Crippen LogP contribution in [0.25, 0.3) is 0 Å². The third-order valence-electron chi connectivity index (χ3n) is 4.70. The average Bonchev–Trinajstić information content (AvgIpc) is 2.90. The Bertz CT molecular complexity index is 531. The molecule has 2 fully saturated rings. The third kappa shape index (κ3) is 3.02. The van der Waals surface area contributed by atoms with Crippen LogP contribution in [-0.4, -0.2) is 41.0 Å². The van der Waals surface area contributed by atoms with E-state index in [9.17, 15) is 4.79 Å². The van der Waals surface area contributed by atoms with E-state index >= 15 is 0 Å². The fourth-order valence-electron chi connectivity index (χ4n) is 3.59. The largest absolute Gasteiger partial charge is 0.384 e. The molecular formula is C16H24N4O. The molecule has 0 aliphatic carbocycles. The summed E-state index contributed by atoms with van der Waals surface area (Å²) < 4.78 is 0. The lowest BCUT2D eigenvalue weighted by molar-refractivity contribution is 0.0915. The van der Waals surface area contributed by atoms with E-state index in [0.717, 1.165) is 25.1 Å². The molecule has 1 aromatic heterocycles. The summed E-state index contributed by atoms with van der Waals surface area (Å²) in [6.45, 7) is 4.30. The smallest absolute Gasteiger partial charge is 0.251 e. The van der Waals surface area contributed by atoms with Crippen LogP contribution in [0.1, 0.15) is 48.7 Å². The van der Waals surface area contributed by atoms with Crippen LogP contribution in [-0.2, 0) is 6.42 Å². The van der Waals surface area contributed by atoms with E-state index in [1.54, 1.807) is 6.07 Å². The molecule has 5 nitrogen and oxygen atoms in total. The van der Waals surface area contributed by atoms with Crippen molar-refractivity contribution >= 4 is 11.7 Å². The Kier molecular flexibility index (Phi) is 4.10. The van der Waals surface area contributed by atoms with E-state index in [4.69, 9.17) is 5.73 Å². The summed E-state index contributed by atoms with van der Waals surface area (Å²) in [5.74, 6) is 0.404. The summed E-state index contributed by atoms with van der Waals surface area (Å²) in [5.41, 5.74) is 7.29. The van der Waals surface area contributed by atoms with Crippen LogP contribution in [0.2, 0.25) is 0 Å². The van der Waals surface area contributed by atoms with Crippen molar-refractivity contribution < 1.29 is 4.79 Å². The fraction of sp³-hybridized carbons (Fsp3) is 0.625. The molecule has 3 rings (SSSR count). The van der Waals surface area contributed by atoms with Gasteiger partial charge in [-0.05, 0) is 44.4 Å². The van der Waals surface area contributed by atoms with Crippen molar-refractivity contribution in [2.75, 3.05) is 18.8 Å². The zero-order chi connectivity index (χ0) is 14.8. The van der Waals surface area contributed by atoms with Crippen LogP contribution < -0.4 is 11.1 Å². The summed E-state index contributed by atoms with van der Waals surface area (Å²) in [7, 11) is 0. The number of nitrogens with zero attached hydrogens (tertiary/aromatic N) is 2. The molecule has 0 radical (unpaired) electrons. The highest BCUT2D eigenvalue weighted by molar-refractivity contribution is 5.95. The molecule has 0 bridgehead atoms. The van der Waals surface area contributed by atoms with Crippen LogP contribution in [0.3, 0.4) is 0 Å². The van der Waals surface area contributed by atoms with E-state index in [2.05, 4.69) is 15.2 Å². The molecule has 0 saturated carbocycles. The molecular weight excluding hydrogens is 264 g/mol. The van der Waals surface area contributed by atoms with Crippen molar-refractivity contribution in [3.05, 3.63) is 23.4 Å². The predicted octanol–water partition coefficient (Wildman–Crippen LogP) is 1.58. The summed E-state index contributed by atoms with van der Waals surface area (Å²) in [6, 6.07) is 4.31. The number of rotatable bonds is 3. The number of nitrogens with two attached hydrogens (primary N) is 1. The Labute approximate surface area is 125 Å². The standard InChI is InChI=1S/C16H24N4O/c1-2-12-9-11(10-15(17)18-12)16(21)19-13-6-8-20-7-4-3-5-14(13)20/h9-10,13-14H,2-8H2,1H3,(H2,17,18)(H,19,21). The Morgan fingerprint density at radius 1 is 1.38 bits per heavy atom. The van der Waals surface area contributed by atoms with E-state index in [1.165, 1.54) is 25.8 Å². The molecule has 5 heteroatoms. The molecule has 2 saturated heterocycles. The van der Waals surface area contributed by atoms with Gasteiger partial charge in [-0.2, -0.15) is 0 Å². The van der Waals surface area contributed by atoms with Crippen LogP contribution in [0, 0.1) is 0 Å². The number of hydrogen-bond donors (Lipinski definition) is 2.